The molecule has 4 nitrogen and oxygen atoms in total. The lowest BCUT2D eigenvalue weighted by Crippen LogP contribution is -2.43. The first kappa shape index (κ1) is 6.91. The van der Waals surface area contributed by atoms with Gasteiger partial charge in [-0.25, -0.2) is 4.79 Å². The van der Waals surface area contributed by atoms with Crippen molar-refractivity contribution in [1.82, 2.24) is 10.2 Å². The molecule has 0 saturated carbocycles. The fourth-order valence-corrected chi connectivity index (χ4v) is 1.99. The van der Waals surface area contributed by atoms with E-state index in [9.17, 15) is 4.79 Å². The molecule has 2 aliphatic heterocycles. The molecule has 0 aromatic heterocycles. The van der Waals surface area contributed by atoms with Crippen LogP contribution < -0.4 is 5.32 Å². The van der Waals surface area contributed by atoms with Crippen LogP contribution in [0.25, 0.3) is 0 Å². The number of piperidine rings is 1. The highest BCUT2D eigenvalue weighted by atomic mass is 16.4. The second-order valence-electron chi connectivity index (χ2n) is 3.39. The van der Waals surface area contributed by atoms with Crippen molar-refractivity contribution in [2.45, 2.75) is 12.5 Å². The number of nitrogens with zero attached hydrogens (tertiary/aromatic N) is 1. The van der Waals surface area contributed by atoms with Crippen molar-refractivity contribution in [3.05, 3.63) is 0 Å². The molecular weight excluding hydrogens is 144 g/mol. The van der Waals surface area contributed by atoms with Gasteiger partial charge in [-0.15, -0.1) is 0 Å². The first-order chi connectivity index (χ1) is 5.25. The molecule has 2 saturated heterocycles. The van der Waals surface area contributed by atoms with Crippen molar-refractivity contribution in [3.8, 4) is 0 Å². The second-order valence-corrected chi connectivity index (χ2v) is 3.39. The molecule has 2 heterocycles. The SMILES string of the molecule is O=C(O)N1CC2CNC(C2)C1. The Morgan fingerprint density at radius 1 is 1.55 bits per heavy atom. The van der Waals surface area contributed by atoms with E-state index in [0.29, 0.717) is 18.5 Å². The Morgan fingerprint density at radius 3 is 3.00 bits per heavy atom. The molecule has 2 unspecified atom stereocenters. The normalized spacial score (nSPS) is 35.8. The van der Waals surface area contributed by atoms with Crippen LogP contribution in [-0.4, -0.2) is 41.8 Å². The van der Waals surface area contributed by atoms with Crippen molar-refractivity contribution < 1.29 is 9.90 Å². The third kappa shape index (κ3) is 1.18. The van der Waals surface area contributed by atoms with Crippen LogP contribution in [0.2, 0.25) is 0 Å². The van der Waals surface area contributed by atoms with E-state index >= 15 is 0 Å². The summed E-state index contributed by atoms with van der Waals surface area (Å²) in [5.74, 6) is 0.560. The Balaban J connectivity index is 2.02. The minimum atomic E-state index is -0.775. The first-order valence-electron chi connectivity index (χ1n) is 3.97. The first-order valence-corrected chi connectivity index (χ1v) is 3.97. The van der Waals surface area contributed by atoms with Crippen molar-refractivity contribution >= 4 is 6.09 Å². The number of likely N-dealkylation sites (tertiary alicyclic amines) is 1. The fraction of sp³-hybridized carbons (Fsp3) is 0.857. The van der Waals surface area contributed by atoms with Crippen LogP contribution in [0.15, 0.2) is 0 Å². The molecule has 11 heavy (non-hydrogen) atoms. The van der Waals surface area contributed by atoms with Gasteiger partial charge in [0.2, 0.25) is 0 Å². The number of amides is 1. The van der Waals surface area contributed by atoms with Crippen LogP contribution in [0.4, 0.5) is 4.79 Å². The lowest BCUT2D eigenvalue weighted by atomic mass is 10.0. The van der Waals surface area contributed by atoms with E-state index in [0.717, 1.165) is 19.5 Å². The van der Waals surface area contributed by atoms with Gasteiger partial charge < -0.3 is 15.3 Å². The average molecular weight is 156 g/mol. The van der Waals surface area contributed by atoms with Crippen LogP contribution in [0.5, 0.6) is 0 Å². The van der Waals surface area contributed by atoms with E-state index in [4.69, 9.17) is 5.11 Å². The average Bonchev–Trinajstić information content (AvgIpc) is 2.30. The van der Waals surface area contributed by atoms with Gasteiger partial charge in [0, 0.05) is 25.7 Å². The lowest BCUT2D eigenvalue weighted by molar-refractivity contribution is 0.126. The lowest BCUT2D eigenvalue weighted by Gasteiger charge is -2.28. The third-order valence-electron chi connectivity index (χ3n) is 2.50. The molecule has 0 aromatic rings. The summed E-state index contributed by atoms with van der Waals surface area (Å²) in [7, 11) is 0. The van der Waals surface area contributed by atoms with E-state index in [-0.39, 0.29) is 0 Å². The number of hydrogen-bond acceptors (Lipinski definition) is 2. The summed E-state index contributed by atoms with van der Waals surface area (Å²) in [4.78, 5) is 12.1. The van der Waals surface area contributed by atoms with Gasteiger partial charge in [-0.05, 0) is 12.3 Å². The molecule has 1 amide bonds. The molecule has 2 atom stereocenters. The van der Waals surface area contributed by atoms with Crippen LogP contribution in [-0.2, 0) is 0 Å². The highest BCUT2D eigenvalue weighted by Crippen LogP contribution is 2.21. The van der Waals surface area contributed by atoms with Crippen LogP contribution >= 0.6 is 0 Å². The molecule has 2 aliphatic rings. The predicted octanol–water partition coefficient (Wildman–Crippen LogP) is -0.0419. The van der Waals surface area contributed by atoms with E-state index in [2.05, 4.69) is 5.32 Å². The summed E-state index contributed by atoms with van der Waals surface area (Å²) in [5, 5.41) is 12.0. The Hall–Kier alpha value is -0.770. The number of carbonyl (C=O) groups is 1. The van der Waals surface area contributed by atoms with Gasteiger partial charge in [-0.2, -0.15) is 0 Å². The highest BCUT2D eigenvalue weighted by Gasteiger charge is 2.34. The van der Waals surface area contributed by atoms with Crippen LogP contribution in [0.3, 0.4) is 0 Å². The van der Waals surface area contributed by atoms with Crippen LogP contribution in [0.1, 0.15) is 6.42 Å². The van der Waals surface area contributed by atoms with Gasteiger partial charge in [0.25, 0.3) is 0 Å². The monoisotopic (exact) mass is 156 g/mol. The standard InChI is InChI=1S/C7H12N2O2/c10-7(11)9-3-5-1-6(4-9)8-2-5/h5-6,8H,1-4H2,(H,10,11). The second kappa shape index (κ2) is 2.37. The molecule has 2 rings (SSSR count). The van der Waals surface area contributed by atoms with E-state index in [1.807, 2.05) is 0 Å². The molecule has 0 aliphatic carbocycles. The van der Waals surface area contributed by atoms with Crippen molar-refractivity contribution in [2.75, 3.05) is 19.6 Å². The van der Waals surface area contributed by atoms with Gasteiger partial charge in [0.1, 0.15) is 0 Å². The summed E-state index contributed by atoms with van der Waals surface area (Å²) in [6.45, 7) is 2.39. The van der Waals surface area contributed by atoms with Gasteiger partial charge >= 0.3 is 6.09 Å². The molecule has 0 aromatic carbocycles. The number of nitrogens with one attached hydrogen (secondary N) is 1. The van der Waals surface area contributed by atoms with E-state index < -0.39 is 6.09 Å². The number of carboxylic acid groups (broad SMARTS) is 1. The maximum absolute atomic E-state index is 10.6. The molecule has 2 N–H and O–H groups in total. The zero-order valence-corrected chi connectivity index (χ0v) is 6.29. The van der Waals surface area contributed by atoms with Crippen molar-refractivity contribution in [2.24, 2.45) is 5.92 Å². The smallest absolute Gasteiger partial charge is 0.407 e. The highest BCUT2D eigenvalue weighted by molar-refractivity contribution is 5.65. The van der Waals surface area contributed by atoms with Gasteiger partial charge in [0.15, 0.2) is 0 Å². The number of rotatable bonds is 0. The van der Waals surface area contributed by atoms with Crippen LogP contribution in [0, 0.1) is 5.92 Å². The zero-order chi connectivity index (χ0) is 7.84. The Labute approximate surface area is 65.2 Å². The zero-order valence-electron chi connectivity index (χ0n) is 6.29. The molecule has 0 spiro atoms. The predicted molar refractivity (Wildman–Crippen MR) is 39.5 cm³/mol. The molecular formula is C7H12N2O2. The number of fused-ring (bicyclic) bond motifs is 2. The molecule has 2 bridgehead atoms. The Bertz CT molecular complexity index is 171. The summed E-state index contributed by atoms with van der Waals surface area (Å²) in [6.07, 6.45) is 0.382. The maximum Gasteiger partial charge on any atom is 0.407 e. The van der Waals surface area contributed by atoms with Crippen molar-refractivity contribution in [3.63, 3.8) is 0 Å². The van der Waals surface area contributed by atoms with Gasteiger partial charge in [-0.1, -0.05) is 0 Å². The topological polar surface area (TPSA) is 52.6 Å². The fourth-order valence-electron chi connectivity index (χ4n) is 1.99. The minimum Gasteiger partial charge on any atom is -0.465 e. The summed E-state index contributed by atoms with van der Waals surface area (Å²) >= 11 is 0. The Kier molecular flexibility index (Phi) is 1.49. The van der Waals surface area contributed by atoms with Gasteiger partial charge in [0.05, 0.1) is 0 Å². The summed E-state index contributed by atoms with van der Waals surface area (Å²) in [5.41, 5.74) is 0. The number of hydrogen-bond donors (Lipinski definition) is 2. The van der Waals surface area contributed by atoms with E-state index in [1.165, 1.54) is 4.90 Å². The molecule has 0 radical (unpaired) electrons. The third-order valence-corrected chi connectivity index (χ3v) is 2.50. The minimum absolute atomic E-state index is 0.421. The maximum atomic E-state index is 10.6. The molecule has 62 valence electrons. The quantitative estimate of drug-likeness (QED) is 0.517. The van der Waals surface area contributed by atoms with Crippen molar-refractivity contribution in [1.29, 1.82) is 0 Å². The molecule has 2 fully saturated rings. The summed E-state index contributed by atoms with van der Waals surface area (Å²) < 4.78 is 0. The molecule has 4 heteroatoms. The summed E-state index contributed by atoms with van der Waals surface area (Å²) in [6, 6.07) is 0.421. The Morgan fingerprint density at radius 2 is 2.36 bits per heavy atom. The largest absolute Gasteiger partial charge is 0.465 e. The van der Waals surface area contributed by atoms with E-state index in [1.54, 1.807) is 0 Å². The van der Waals surface area contributed by atoms with Gasteiger partial charge in [-0.3, -0.25) is 0 Å².